The molecule has 234 valence electrons. The molecule has 0 saturated carbocycles. The van der Waals surface area contributed by atoms with Crippen LogP contribution < -0.4 is 0 Å². The van der Waals surface area contributed by atoms with Crippen molar-refractivity contribution in [2.75, 3.05) is 0 Å². The summed E-state index contributed by atoms with van der Waals surface area (Å²) in [6.07, 6.45) is 0. The third-order valence-corrected chi connectivity index (χ3v) is 9.37. The molecule has 0 aliphatic carbocycles. The van der Waals surface area contributed by atoms with Crippen LogP contribution in [0.5, 0.6) is 0 Å². The molecule has 3 heterocycles. The number of benzene rings is 7. The Morgan fingerprint density at radius 2 is 0.800 bits per heavy atom. The molecule has 0 unspecified atom stereocenters. The van der Waals surface area contributed by atoms with Crippen molar-refractivity contribution in [3.63, 3.8) is 0 Å². The van der Waals surface area contributed by atoms with Crippen LogP contribution in [0.4, 0.5) is 0 Å². The van der Waals surface area contributed by atoms with Crippen LogP contribution in [0.3, 0.4) is 0 Å². The van der Waals surface area contributed by atoms with Crippen LogP contribution in [0.25, 0.3) is 100 Å². The molecule has 10 rings (SSSR count). The zero-order chi connectivity index (χ0) is 33.0. The lowest BCUT2D eigenvalue weighted by Gasteiger charge is -2.08. The van der Waals surface area contributed by atoms with Crippen molar-refractivity contribution < 1.29 is 8.83 Å². The van der Waals surface area contributed by atoms with Crippen molar-refractivity contribution in [3.05, 3.63) is 164 Å². The Bertz CT molecular complexity index is 2850. The molecular formula is C45H27N3O2. The summed E-state index contributed by atoms with van der Waals surface area (Å²) in [5.41, 5.74) is 10.4. The number of hydrogen-bond donors (Lipinski definition) is 0. The molecule has 5 nitrogen and oxygen atoms in total. The van der Waals surface area contributed by atoms with Gasteiger partial charge in [-0.25, -0.2) is 15.0 Å². The number of aromatic nitrogens is 3. The maximum atomic E-state index is 6.50. The molecule has 3 aromatic heterocycles. The first kappa shape index (κ1) is 28.2. The summed E-state index contributed by atoms with van der Waals surface area (Å²) < 4.78 is 12.9. The predicted molar refractivity (Wildman–Crippen MR) is 202 cm³/mol. The molecule has 5 heteroatoms. The first-order chi connectivity index (χ1) is 24.7. The first-order valence-corrected chi connectivity index (χ1v) is 16.6. The molecule has 50 heavy (non-hydrogen) atoms. The maximum absolute atomic E-state index is 6.50. The Kier molecular flexibility index (Phi) is 6.42. The van der Waals surface area contributed by atoms with Gasteiger partial charge >= 0.3 is 0 Å². The highest BCUT2D eigenvalue weighted by atomic mass is 16.3. The third kappa shape index (κ3) is 4.75. The Labute approximate surface area is 287 Å². The maximum Gasteiger partial charge on any atom is 0.167 e. The highest BCUT2D eigenvalue weighted by Crippen LogP contribution is 2.37. The zero-order valence-electron chi connectivity index (χ0n) is 26.7. The van der Waals surface area contributed by atoms with Gasteiger partial charge < -0.3 is 8.83 Å². The predicted octanol–water partition coefficient (Wildman–Crippen LogP) is 12.0. The van der Waals surface area contributed by atoms with E-state index >= 15 is 0 Å². The number of fused-ring (bicyclic) bond motifs is 6. The molecule has 0 atom stereocenters. The van der Waals surface area contributed by atoms with E-state index in [1.807, 2.05) is 72.8 Å². The Morgan fingerprint density at radius 1 is 0.300 bits per heavy atom. The highest BCUT2D eigenvalue weighted by Gasteiger charge is 2.18. The lowest BCUT2D eigenvalue weighted by atomic mass is 9.99. The number of rotatable bonds is 5. The van der Waals surface area contributed by atoms with Gasteiger partial charge in [-0.3, -0.25) is 0 Å². The Hall–Kier alpha value is -6.85. The summed E-state index contributed by atoms with van der Waals surface area (Å²) in [6.45, 7) is 0. The molecule has 0 aliphatic heterocycles. The van der Waals surface area contributed by atoms with E-state index < -0.39 is 0 Å². The number of nitrogens with zero attached hydrogens (tertiary/aromatic N) is 3. The van der Waals surface area contributed by atoms with Crippen LogP contribution in [-0.4, -0.2) is 15.0 Å². The van der Waals surface area contributed by atoms with Crippen molar-refractivity contribution in [1.82, 2.24) is 15.0 Å². The van der Waals surface area contributed by atoms with Gasteiger partial charge in [0.25, 0.3) is 0 Å². The largest absolute Gasteiger partial charge is 0.456 e. The summed E-state index contributed by atoms with van der Waals surface area (Å²) >= 11 is 0. The summed E-state index contributed by atoms with van der Waals surface area (Å²) in [6, 6.07) is 55.9. The van der Waals surface area contributed by atoms with Gasteiger partial charge in [0.05, 0.1) is 5.56 Å². The standard InChI is InChI=1S/C45H27N3O2/c1-3-10-28(11-4-1)29-18-20-30(21-19-29)32-22-24-35-36-25-23-33(27-41(36)49-40(35)26-32)44-46-43(31-12-5-2-6-13-31)47-45(48-44)38-16-9-15-37-34-14-7-8-17-39(34)50-42(37)38/h1-27H. The molecule has 0 N–H and O–H groups in total. The fourth-order valence-corrected chi connectivity index (χ4v) is 6.85. The fourth-order valence-electron chi connectivity index (χ4n) is 6.85. The van der Waals surface area contributed by atoms with Crippen molar-refractivity contribution in [3.8, 4) is 56.4 Å². The van der Waals surface area contributed by atoms with E-state index in [1.54, 1.807) is 0 Å². The normalized spacial score (nSPS) is 11.6. The minimum Gasteiger partial charge on any atom is -0.456 e. The van der Waals surface area contributed by atoms with Crippen LogP contribution in [0.1, 0.15) is 0 Å². The van der Waals surface area contributed by atoms with E-state index in [1.165, 1.54) is 11.1 Å². The molecule has 0 aliphatic rings. The van der Waals surface area contributed by atoms with Crippen LogP contribution in [0.2, 0.25) is 0 Å². The van der Waals surface area contributed by atoms with Gasteiger partial charge in [0.15, 0.2) is 17.5 Å². The molecule has 0 spiro atoms. The van der Waals surface area contributed by atoms with E-state index in [0.717, 1.165) is 71.7 Å². The molecule has 10 aromatic rings. The van der Waals surface area contributed by atoms with Crippen molar-refractivity contribution in [2.45, 2.75) is 0 Å². The second kappa shape index (κ2) is 11.4. The molecule has 0 bridgehead atoms. The molecule has 0 saturated heterocycles. The molecular weight excluding hydrogens is 615 g/mol. The van der Waals surface area contributed by atoms with E-state index in [4.69, 9.17) is 23.8 Å². The SMILES string of the molecule is c1ccc(-c2ccc(-c3ccc4c(c3)oc3cc(-c5nc(-c6ccccc6)nc(-c6cccc7c6oc6ccccc67)n5)ccc34)cc2)cc1. The van der Waals surface area contributed by atoms with E-state index in [-0.39, 0.29) is 0 Å². The van der Waals surface area contributed by atoms with Gasteiger partial charge in [-0.1, -0.05) is 127 Å². The number of hydrogen-bond acceptors (Lipinski definition) is 5. The third-order valence-electron chi connectivity index (χ3n) is 9.37. The first-order valence-electron chi connectivity index (χ1n) is 16.6. The smallest absolute Gasteiger partial charge is 0.167 e. The van der Waals surface area contributed by atoms with Gasteiger partial charge in [-0.15, -0.1) is 0 Å². The van der Waals surface area contributed by atoms with Gasteiger partial charge in [0, 0.05) is 32.7 Å². The van der Waals surface area contributed by atoms with Crippen LogP contribution in [-0.2, 0) is 0 Å². The quantitative estimate of drug-likeness (QED) is 0.187. The summed E-state index contributed by atoms with van der Waals surface area (Å²) in [7, 11) is 0. The Balaban J connectivity index is 1.07. The average molecular weight is 642 g/mol. The summed E-state index contributed by atoms with van der Waals surface area (Å²) in [5.74, 6) is 1.70. The van der Waals surface area contributed by atoms with Crippen LogP contribution in [0.15, 0.2) is 173 Å². The molecule has 7 aromatic carbocycles. The van der Waals surface area contributed by atoms with Gasteiger partial charge in [0.2, 0.25) is 0 Å². The summed E-state index contributed by atoms with van der Waals surface area (Å²) in [5, 5.41) is 4.19. The highest BCUT2D eigenvalue weighted by molar-refractivity contribution is 6.09. The Morgan fingerprint density at radius 3 is 1.54 bits per heavy atom. The fraction of sp³-hybridized carbons (Fsp3) is 0. The minimum absolute atomic E-state index is 0.547. The van der Waals surface area contributed by atoms with Crippen LogP contribution >= 0.6 is 0 Å². The van der Waals surface area contributed by atoms with Gasteiger partial charge in [-0.05, 0) is 58.7 Å². The van der Waals surface area contributed by atoms with E-state index in [9.17, 15) is 0 Å². The molecule has 0 radical (unpaired) electrons. The molecule has 0 amide bonds. The van der Waals surface area contributed by atoms with Crippen LogP contribution in [0, 0.1) is 0 Å². The van der Waals surface area contributed by atoms with E-state index in [0.29, 0.717) is 17.5 Å². The van der Waals surface area contributed by atoms with Crippen molar-refractivity contribution >= 4 is 43.9 Å². The van der Waals surface area contributed by atoms with E-state index in [2.05, 4.69) is 91.0 Å². The zero-order valence-corrected chi connectivity index (χ0v) is 26.7. The average Bonchev–Trinajstić information content (AvgIpc) is 3.76. The van der Waals surface area contributed by atoms with Gasteiger partial charge in [0.1, 0.15) is 22.3 Å². The minimum atomic E-state index is 0.547. The number of para-hydroxylation sites is 2. The number of furan rings is 2. The van der Waals surface area contributed by atoms with Crippen molar-refractivity contribution in [2.24, 2.45) is 0 Å². The monoisotopic (exact) mass is 641 g/mol. The lowest BCUT2D eigenvalue weighted by Crippen LogP contribution is -2.00. The lowest BCUT2D eigenvalue weighted by molar-refractivity contribution is 0.668. The summed E-state index contributed by atoms with van der Waals surface area (Å²) in [4.78, 5) is 15.0. The van der Waals surface area contributed by atoms with Crippen molar-refractivity contribution in [1.29, 1.82) is 0 Å². The second-order valence-corrected chi connectivity index (χ2v) is 12.4. The van der Waals surface area contributed by atoms with Gasteiger partial charge in [-0.2, -0.15) is 0 Å². The topological polar surface area (TPSA) is 65.0 Å². The molecule has 0 fully saturated rings. The second-order valence-electron chi connectivity index (χ2n) is 12.4.